The maximum Gasteiger partial charge on any atom is 0.299 e. The van der Waals surface area contributed by atoms with Gasteiger partial charge in [0.2, 0.25) is 5.82 Å². The summed E-state index contributed by atoms with van der Waals surface area (Å²) in [4.78, 5) is 19.1. The number of aliphatic imine (C=N–C) groups is 1. The Hall–Kier alpha value is -3.41. The van der Waals surface area contributed by atoms with Crippen molar-refractivity contribution in [1.29, 1.82) is 0 Å². The van der Waals surface area contributed by atoms with E-state index in [0.717, 1.165) is 29.5 Å². The van der Waals surface area contributed by atoms with Crippen LogP contribution in [0.25, 0.3) is 0 Å². The number of pyridine rings is 1. The molecule has 1 aliphatic rings. The quantitative estimate of drug-likeness (QED) is 0.550. The van der Waals surface area contributed by atoms with Crippen LogP contribution in [0.3, 0.4) is 0 Å². The predicted octanol–water partition coefficient (Wildman–Crippen LogP) is 2.83. The standard InChI is InChI=1S/C16H12F2N4O5S/c1-28(25,26)13-3-2-10(9-20-13)27-12-8-11(22(23)24)16(15(18)14(12)17)21-6-4-19-5-7-21/h2-6,8-9H,7H2,1H3. The summed E-state index contributed by atoms with van der Waals surface area (Å²) >= 11 is 0. The van der Waals surface area contributed by atoms with Crippen molar-refractivity contribution in [2.75, 3.05) is 17.7 Å². The summed E-state index contributed by atoms with van der Waals surface area (Å²) in [5.74, 6) is -3.78. The topological polar surface area (TPSA) is 115 Å². The van der Waals surface area contributed by atoms with Crippen LogP contribution in [0.1, 0.15) is 0 Å². The van der Waals surface area contributed by atoms with Crippen LogP contribution in [-0.4, -0.2) is 37.3 Å². The van der Waals surface area contributed by atoms with Crippen molar-refractivity contribution in [2.24, 2.45) is 4.99 Å². The summed E-state index contributed by atoms with van der Waals surface area (Å²) in [6, 6.07) is 3.03. The second kappa shape index (κ2) is 7.31. The minimum atomic E-state index is -3.56. The second-order valence-electron chi connectivity index (χ2n) is 5.62. The molecule has 0 aliphatic carbocycles. The summed E-state index contributed by atoms with van der Waals surface area (Å²) in [5.41, 5.74) is -1.28. The Labute approximate surface area is 157 Å². The molecule has 0 saturated carbocycles. The van der Waals surface area contributed by atoms with Crippen LogP contribution in [0.15, 0.2) is 46.8 Å². The van der Waals surface area contributed by atoms with E-state index in [1.807, 2.05) is 0 Å². The Morgan fingerprint density at radius 3 is 2.57 bits per heavy atom. The number of aromatic nitrogens is 1. The molecule has 1 aliphatic heterocycles. The van der Waals surface area contributed by atoms with Crippen molar-refractivity contribution < 1.29 is 26.9 Å². The molecular formula is C16H12F2N4O5S. The second-order valence-corrected chi connectivity index (χ2v) is 7.58. The molecule has 146 valence electrons. The van der Waals surface area contributed by atoms with Gasteiger partial charge in [0, 0.05) is 24.9 Å². The molecule has 0 fully saturated rings. The van der Waals surface area contributed by atoms with Gasteiger partial charge >= 0.3 is 0 Å². The van der Waals surface area contributed by atoms with Gasteiger partial charge in [-0.3, -0.25) is 15.1 Å². The number of nitrogens with zero attached hydrogens (tertiary/aromatic N) is 4. The summed E-state index contributed by atoms with van der Waals surface area (Å²) in [6.07, 6.45) is 5.87. The van der Waals surface area contributed by atoms with E-state index in [1.54, 1.807) is 0 Å². The number of halogens is 2. The Kier molecular flexibility index (Phi) is 5.05. The maximum atomic E-state index is 14.6. The van der Waals surface area contributed by atoms with E-state index in [1.165, 1.54) is 24.7 Å². The number of hydrogen-bond acceptors (Lipinski definition) is 8. The zero-order valence-electron chi connectivity index (χ0n) is 14.2. The molecule has 0 saturated heterocycles. The van der Waals surface area contributed by atoms with E-state index in [0.29, 0.717) is 0 Å². The normalized spacial score (nSPS) is 13.6. The minimum absolute atomic E-state index is 0.0186. The maximum absolute atomic E-state index is 14.6. The average molecular weight is 410 g/mol. The monoisotopic (exact) mass is 410 g/mol. The first-order valence-electron chi connectivity index (χ1n) is 7.64. The van der Waals surface area contributed by atoms with Crippen molar-refractivity contribution in [3.63, 3.8) is 0 Å². The van der Waals surface area contributed by atoms with Crippen molar-refractivity contribution in [3.05, 3.63) is 58.5 Å². The van der Waals surface area contributed by atoms with Crippen LogP contribution in [0.4, 0.5) is 20.2 Å². The van der Waals surface area contributed by atoms with Crippen LogP contribution in [-0.2, 0) is 9.84 Å². The van der Waals surface area contributed by atoms with Crippen LogP contribution < -0.4 is 9.64 Å². The Morgan fingerprint density at radius 2 is 2.04 bits per heavy atom. The molecule has 0 spiro atoms. The van der Waals surface area contributed by atoms with Gasteiger partial charge in [0.15, 0.2) is 32.1 Å². The Morgan fingerprint density at radius 1 is 1.29 bits per heavy atom. The predicted molar refractivity (Wildman–Crippen MR) is 95.4 cm³/mol. The molecule has 2 aromatic rings. The zero-order valence-corrected chi connectivity index (χ0v) is 15.1. The summed E-state index contributed by atoms with van der Waals surface area (Å²) in [6.45, 7) is 0.0186. The van der Waals surface area contributed by atoms with E-state index in [2.05, 4.69) is 9.98 Å². The van der Waals surface area contributed by atoms with E-state index >= 15 is 0 Å². The number of sulfone groups is 1. The van der Waals surface area contributed by atoms with Gasteiger partial charge in [0.05, 0.1) is 23.7 Å². The highest BCUT2D eigenvalue weighted by atomic mass is 32.2. The van der Waals surface area contributed by atoms with Gasteiger partial charge in [-0.05, 0) is 12.1 Å². The molecule has 12 heteroatoms. The van der Waals surface area contributed by atoms with E-state index in [-0.39, 0.29) is 17.3 Å². The van der Waals surface area contributed by atoms with Crippen LogP contribution in [0.5, 0.6) is 11.5 Å². The molecule has 0 atom stereocenters. The number of ether oxygens (including phenoxy) is 1. The molecule has 0 bridgehead atoms. The number of nitro groups is 1. The molecule has 9 nitrogen and oxygen atoms in total. The average Bonchev–Trinajstić information content (AvgIpc) is 2.65. The molecule has 3 rings (SSSR count). The highest BCUT2D eigenvalue weighted by Crippen LogP contribution is 2.39. The highest BCUT2D eigenvalue weighted by molar-refractivity contribution is 7.90. The fourth-order valence-electron chi connectivity index (χ4n) is 2.38. The highest BCUT2D eigenvalue weighted by Gasteiger charge is 2.30. The number of benzene rings is 1. The lowest BCUT2D eigenvalue weighted by atomic mass is 10.2. The van der Waals surface area contributed by atoms with Crippen molar-refractivity contribution in [3.8, 4) is 11.5 Å². The Balaban J connectivity index is 2.01. The smallest absolute Gasteiger partial charge is 0.299 e. The number of rotatable bonds is 5. The summed E-state index contributed by atoms with van der Waals surface area (Å²) < 4.78 is 57.1. The van der Waals surface area contributed by atoms with Gasteiger partial charge in [-0.1, -0.05) is 0 Å². The van der Waals surface area contributed by atoms with Crippen LogP contribution >= 0.6 is 0 Å². The molecule has 28 heavy (non-hydrogen) atoms. The van der Waals surface area contributed by atoms with E-state index < -0.39 is 43.5 Å². The Bertz CT molecular complexity index is 1100. The molecule has 0 unspecified atom stereocenters. The van der Waals surface area contributed by atoms with Gasteiger partial charge in [-0.15, -0.1) is 0 Å². The fraction of sp³-hybridized carbons (Fsp3) is 0.125. The lowest BCUT2D eigenvalue weighted by Gasteiger charge is -2.21. The van der Waals surface area contributed by atoms with Crippen molar-refractivity contribution >= 4 is 27.4 Å². The van der Waals surface area contributed by atoms with Gasteiger partial charge in [-0.2, -0.15) is 4.39 Å². The van der Waals surface area contributed by atoms with E-state index in [9.17, 15) is 27.3 Å². The van der Waals surface area contributed by atoms with Crippen molar-refractivity contribution in [1.82, 2.24) is 4.98 Å². The number of anilines is 1. The molecule has 0 amide bonds. The van der Waals surface area contributed by atoms with Crippen LogP contribution in [0, 0.1) is 21.7 Å². The van der Waals surface area contributed by atoms with Gasteiger partial charge in [0.1, 0.15) is 5.75 Å². The molecule has 2 heterocycles. The molecular weight excluding hydrogens is 398 g/mol. The lowest BCUT2D eigenvalue weighted by molar-refractivity contribution is -0.384. The van der Waals surface area contributed by atoms with Crippen molar-refractivity contribution in [2.45, 2.75) is 5.03 Å². The molecule has 1 aromatic heterocycles. The molecule has 0 radical (unpaired) electrons. The van der Waals surface area contributed by atoms with Gasteiger partial charge in [0.25, 0.3) is 5.69 Å². The minimum Gasteiger partial charge on any atom is -0.452 e. The zero-order chi connectivity index (χ0) is 20.5. The first-order chi connectivity index (χ1) is 13.2. The van der Waals surface area contributed by atoms with E-state index in [4.69, 9.17) is 4.74 Å². The number of hydrogen-bond donors (Lipinski definition) is 0. The number of nitro benzene ring substituents is 1. The molecule has 1 aromatic carbocycles. The van der Waals surface area contributed by atoms with Crippen LogP contribution in [0.2, 0.25) is 0 Å². The fourth-order valence-corrected chi connectivity index (χ4v) is 2.94. The first-order valence-corrected chi connectivity index (χ1v) is 9.53. The third-order valence-corrected chi connectivity index (χ3v) is 4.65. The third-order valence-electron chi connectivity index (χ3n) is 3.64. The largest absolute Gasteiger partial charge is 0.452 e. The summed E-state index contributed by atoms with van der Waals surface area (Å²) in [7, 11) is -3.56. The summed E-state index contributed by atoms with van der Waals surface area (Å²) in [5, 5.41) is 11.1. The van der Waals surface area contributed by atoms with Gasteiger partial charge in [-0.25, -0.2) is 17.8 Å². The third kappa shape index (κ3) is 3.81. The molecule has 0 N–H and O–H groups in total. The SMILES string of the molecule is CS(=O)(=O)c1ccc(Oc2cc([N+](=O)[O-])c(N3C=CN=CC3)c(F)c2F)cn1. The lowest BCUT2D eigenvalue weighted by Crippen LogP contribution is -2.23. The van der Waals surface area contributed by atoms with Gasteiger partial charge < -0.3 is 9.64 Å². The first kappa shape index (κ1) is 19.4.